The number of hydrogen-bond donors (Lipinski definition) is 0. The highest BCUT2D eigenvalue weighted by Gasteiger charge is 2.11. The Morgan fingerprint density at radius 2 is 1.65 bits per heavy atom. The third-order valence-electron chi connectivity index (χ3n) is 2.57. The maximum Gasteiger partial charge on any atom is 0.321 e. The van der Waals surface area contributed by atoms with Crippen molar-refractivity contribution in [1.82, 2.24) is 0 Å². The third-order valence-corrected chi connectivity index (χ3v) is 4.83. The molecule has 0 fully saturated rings. The molecule has 0 spiro atoms. The van der Waals surface area contributed by atoms with Crippen molar-refractivity contribution in [3.8, 4) is 0 Å². The Bertz CT molecular complexity index is 277. The summed E-state index contributed by atoms with van der Waals surface area (Å²) in [5.74, 6) is 0. The standard InChI is InChI=1S/C14H24O2Si/c1-3-11-15-17(13-4-2)16-12-10-14-8-6-5-7-9-14/h5-9,17H,3-4,10-13H2,1-2H3. The van der Waals surface area contributed by atoms with Gasteiger partial charge in [0, 0.05) is 13.2 Å². The zero-order chi connectivity index (χ0) is 12.3. The van der Waals surface area contributed by atoms with E-state index in [1.165, 1.54) is 5.56 Å². The first-order chi connectivity index (χ1) is 8.36. The van der Waals surface area contributed by atoms with E-state index in [0.717, 1.165) is 38.5 Å². The van der Waals surface area contributed by atoms with Gasteiger partial charge in [0.1, 0.15) is 0 Å². The van der Waals surface area contributed by atoms with Crippen LogP contribution < -0.4 is 0 Å². The molecule has 1 aromatic carbocycles. The second-order valence-electron chi connectivity index (χ2n) is 4.20. The molecule has 0 bridgehead atoms. The van der Waals surface area contributed by atoms with E-state index in [0.29, 0.717) is 0 Å². The Morgan fingerprint density at radius 1 is 0.941 bits per heavy atom. The molecule has 1 rings (SSSR count). The Morgan fingerprint density at radius 3 is 2.29 bits per heavy atom. The van der Waals surface area contributed by atoms with Crippen LogP contribution in [-0.2, 0) is 15.3 Å². The molecular formula is C14H24O2Si. The van der Waals surface area contributed by atoms with E-state index in [1.54, 1.807) is 0 Å². The summed E-state index contributed by atoms with van der Waals surface area (Å²) in [6.45, 7) is 5.98. The molecule has 2 nitrogen and oxygen atoms in total. The molecule has 0 aliphatic heterocycles. The van der Waals surface area contributed by atoms with Gasteiger partial charge in [0.15, 0.2) is 0 Å². The minimum Gasteiger partial charge on any atom is -0.397 e. The molecule has 0 aliphatic carbocycles. The summed E-state index contributed by atoms with van der Waals surface area (Å²) in [6, 6.07) is 11.6. The highest BCUT2D eigenvalue weighted by molar-refractivity contribution is 6.44. The molecule has 96 valence electrons. The van der Waals surface area contributed by atoms with Crippen LogP contribution in [0.15, 0.2) is 30.3 Å². The molecule has 1 atom stereocenters. The maximum atomic E-state index is 5.91. The van der Waals surface area contributed by atoms with Crippen molar-refractivity contribution in [2.45, 2.75) is 39.2 Å². The van der Waals surface area contributed by atoms with Gasteiger partial charge in [0.05, 0.1) is 0 Å². The largest absolute Gasteiger partial charge is 0.397 e. The smallest absolute Gasteiger partial charge is 0.321 e. The maximum absolute atomic E-state index is 5.91. The van der Waals surface area contributed by atoms with Gasteiger partial charge in [-0.05, 0) is 24.4 Å². The lowest BCUT2D eigenvalue weighted by Gasteiger charge is -2.15. The summed E-state index contributed by atoms with van der Waals surface area (Å²) >= 11 is 0. The molecule has 1 aromatic rings. The fraction of sp³-hybridized carbons (Fsp3) is 0.571. The number of rotatable bonds is 9. The highest BCUT2D eigenvalue weighted by atomic mass is 28.3. The van der Waals surface area contributed by atoms with Crippen LogP contribution in [0.1, 0.15) is 32.3 Å². The second kappa shape index (κ2) is 9.39. The van der Waals surface area contributed by atoms with Gasteiger partial charge in [-0.25, -0.2) is 0 Å². The van der Waals surface area contributed by atoms with Crippen molar-refractivity contribution >= 4 is 9.28 Å². The molecule has 0 aromatic heterocycles. The van der Waals surface area contributed by atoms with Crippen LogP contribution in [0.4, 0.5) is 0 Å². The van der Waals surface area contributed by atoms with E-state index >= 15 is 0 Å². The lowest BCUT2D eigenvalue weighted by molar-refractivity contribution is 0.198. The van der Waals surface area contributed by atoms with Crippen molar-refractivity contribution in [2.75, 3.05) is 13.2 Å². The Labute approximate surface area is 107 Å². The summed E-state index contributed by atoms with van der Waals surface area (Å²) in [5.41, 5.74) is 1.34. The van der Waals surface area contributed by atoms with Crippen molar-refractivity contribution in [3.63, 3.8) is 0 Å². The molecule has 1 unspecified atom stereocenters. The predicted octanol–water partition coefficient (Wildman–Crippen LogP) is 3.30. The van der Waals surface area contributed by atoms with Crippen LogP contribution >= 0.6 is 0 Å². The molecule has 17 heavy (non-hydrogen) atoms. The molecule has 3 heteroatoms. The predicted molar refractivity (Wildman–Crippen MR) is 74.6 cm³/mol. The van der Waals surface area contributed by atoms with Crippen molar-refractivity contribution in [3.05, 3.63) is 35.9 Å². The van der Waals surface area contributed by atoms with Gasteiger partial charge < -0.3 is 8.85 Å². The third kappa shape index (κ3) is 6.61. The van der Waals surface area contributed by atoms with Crippen LogP contribution in [0.5, 0.6) is 0 Å². The summed E-state index contributed by atoms with van der Waals surface area (Å²) in [7, 11) is -1.39. The summed E-state index contributed by atoms with van der Waals surface area (Å²) in [6.07, 6.45) is 3.23. The molecule has 0 aliphatic rings. The van der Waals surface area contributed by atoms with Gasteiger partial charge in [-0.2, -0.15) is 0 Å². The molecule has 0 saturated heterocycles. The van der Waals surface area contributed by atoms with E-state index in [1.807, 2.05) is 6.07 Å². The fourth-order valence-corrected chi connectivity index (χ4v) is 3.43. The first kappa shape index (κ1) is 14.4. The summed E-state index contributed by atoms with van der Waals surface area (Å²) < 4.78 is 11.7. The van der Waals surface area contributed by atoms with Gasteiger partial charge in [0.2, 0.25) is 0 Å². The van der Waals surface area contributed by atoms with E-state index in [-0.39, 0.29) is 0 Å². The lowest BCUT2D eigenvalue weighted by atomic mass is 10.2. The minimum absolute atomic E-state index is 0.796. The fourth-order valence-electron chi connectivity index (χ4n) is 1.65. The van der Waals surface area contributed by atoms with E-state index < -0.39 is 9.28 Å². The van der Waals surface area contributed by atoms with Crippen LogP contribution in [0.3, 0.4) is 0 Å². The zero-order valence-electron chi connectivity index (χ0n) is 11.0. The topological polar surface area (TPSA) is 18.5 Å². The van der Waals surface area contributed by atoms with Crippen LogP contribution in [0, 0.1) is 0 Å². The molecule has 0 amide bonds. The first-order valence-electron chi connectivity index (χ1n) is 6.64. The average molecular weight is 252 g/mol. The Hall–Kier alpha value is -0.643. The second-order valence-corrected chi connectivity index (χ2v) is 6.30. The summed E-state index contributed by atoms with van der Waals surface area (Å²) in [4.78, 5) is 0. The molecule has 0 heterocycles. The van der Waals surface area contributed by atoms with Gasteiger partial charge in [-0.15, -0.1) is 0 Å². The summed E-state index contributed by atoms with van der Waals surface area (Å²) in [5, 5.41) is 0. The van der Waals surface area contributed by atoms with E-state index in [2.05, 4.69) is 38.1 Å². The first-order valence-corrected chi connectivity index (χ1v) is 8.39. The van der Waals surface area contributed by atoms with Crippen molar-refractivity contribution in [2.24, 2.45) is 0 Å². The Kier molecular flexibility index (Phi) is 7.97. The highest BCUT2D eigenvalue weighted by Crippen LogP contribution is 2.05. The van der Waals surface area contributed by atoms with Crippen LogP contribution in [-0.4, -0.2) is 22.5 Å². The monoisotopic (exact) mass is 252 g/mol. The van der Waals surface area contributed by atoms with Gasteiger partial charge in [-0.3, -0.25) is 0 Å². The Balaban J connectivity index is 2.22. The van der Waals surface area contributed by atoms with Crippen LogP contribution in [0.2, 0.25) is 6.04 Å². The number of benzene rings is 1. The van der Waals surface area contributed by atoms with E-state index in [4.69, 9.17) is 8.85 Å². The zero-order valence-corrected chi connectivity index (χ0v) is 12.2. The average Bonchev–Trinajstić information content (AvgIpc) is 2.37. The lowest BCUT2D eigenvalue weighted by Crippen LogP contribution is -2.24. The SMILES string of the molecule is CCCO[SiH](CCC)OCCc1ccccc1. The van der Waals surface area contributed by atoms with E-state index in [9.17, 15) is 0 Å². The normalized spacial score (nSPS) is 12.6. The van der Waals surface area contributed by atoms with Crippen molar-refractivity contribution in [1.29, 1.82) is 0 Å². The molecule has 0 saturated carbocycles. The molecule has 0 N–H and O–H groups in total. The van der Waals surface area contributed by atoms with Crippen molar-refractivity contribution < 1.29 is 8.85 Å². The van der Waals surface area contributed by atoms with Gasteiger partial charge in [-0.1, -0.05) is 50.6 Å². The molecular weight excluding hydrogens is 228 g/mol. The quantitative estimate of drug-likeness (QED) is 0.628. The molecule has 0 radical (unpaired) electrons. The number of hydrogen-bond acceptors (Lipinski definition) is 2. The minimum atomic E-state index is -1.39. The van der Waals surface area contributed by atoms with Gasteiger partial charge in [0.25, 0.3) is 0 Å². The van der Waals surface area contributed by atoms with Crippen LogP contribution in [0.25, 0.3) is 0 Å². The van der Waals surface area contributed by atoms with Gasteiger partial charge >= 0.3 is 9.28 Å².